The Morgan fingerprint density at radius 2 is 2.05 bits per heavy atom. The molecule has 0 spiro atoms. The van der Waals surface area contributed by atoms with E-state index in [1.165, 1.54) is 6.20 Å². The molecule has 0 atom stereocenters. The number of nitrogens with one attached hydrogen (secondary N) is 3. The highest BCUT2D eigenvalue weighted by Crippen LogP contribution is 1.93. The van der Waals surface area contributed by atoms with Gasteiger partial charge in [-0.2, -0.15) is 0 Å². The van der Waals surface area contributed by atoms with Gasteiger partial charge < -0.3 is 20.7 Å². The van der Waals surface area contributed by atoms with E-state index >= 15 is 0 Å². The average Bonchev–Trinajstić information content (AvgIpc) is 2.49. The summed E-state index contributed by atoms with van der Waals surface area (Å²) in [6, 6.07) is 3.38. The monoisotopic (exact) mass is 280 g/mol. The molecule has 2 amide bonds. The quantitative estimate of drug-likeness (QED) is 0.513. The van der Waals surface area contributed by atoms with Crippen LogP contribution in [0.2, 0.25) is 0 Å². The van der Waals surface area contributed by atoms with Gasteiger partial charge in [-0.25, -0.2) is 0 Å². The number of rotatable bonds is 9. The van der Waals surface area contributed by atoms with Crippen LogP contribution in [-0.2, 0) is 9.53 Å². The Kier molecular flexibility index (Phi) is 7.93. The SMILES string of the molecule is COCCNCC(=O)NCCNC(=O)c1cccnc1. The summed E-state index contributed by atoms with van der Waals surface area (Å²) in [6.45, 7) is 2.18. The molecule has 0 unspecified atom stereocenters. The molecule has 3 N–H and O–H groups in total. The lowest BCUT2D eigenvalue weighted by Gasteiger charge is -2.07. The van der Waals surface area contributed by atoms with Crippen molar-refractivity contribution in [3.8, 4) is 0 Å². The molecule has 1 heterocycles. The van der Waals surface area contributed by atoms with E-state index in [0.717, 1.165) is 0 Å². The molecule has 7 nitrogen and oxygen atoms in total. The van der Waals surface area contributed by atoms with Crippen molar-refractivity contribution in [3.05, 3.63) is 30.1 Å². The zero-order chi connectivity index (χ0) is 14.6. The van der Waals surface area contributed by atoms with Gasteiger partial charge in [0.2, 0.25) is 5.91 Å². The minimum Gasteiger partial charge on any atom is -0.383 e. The second kappa shape index (κ2) is 9.88. The number of methoxy groups -OCH3 is 1. The lowest BCUT2D eigenvalue weighted by Crippen LogP contribution is -2.39. The molecule has 0 aliphatic rings. The highest BCUT2D eigenvalue weighted by atomic mass is 16.5. The van der Waals surface area contributed by atoms with Crippen molar-refractivity contribution in [2.75, 3.05) is 39.9 Å². The molecule has 1 rings (SSSR count). The van der Waals surface area contributed by atoms with E-state index in [1.807, 2.05) is 0 Å². The number of carbonyl (C=O) groups excluding carboxylic acids is 2. The van der Waals surface area contributed by atoms with Crippen LogP contribution in [0.15, 0.2) is 24.5 Å². The minimum atomic E-state index is -0.203. The number of amides is 2. The topological polar surface area (TPSA) is 92.4 Å². The average molecular weight is 280 g/mol. The molecule has 0 saturated carbocycles. The third kappa shape index (κ3) is 6.81. The van der Waals surface area contributed by atoms with Gasteiger partial charge in [-0.3, -0.25) is 14.6 Å². The smallest absolute Gasteiger partial charge is 0.252 e. The number of hydrogen-bond acceptors (Lipinski definition) is 5. The molecular weight excluding hydrogens is 260 g/mol. The Balaban J connectivity index is 2.07. The summed E-state index contributed by atoms with van der Waals surface area (Å²) < 4.78 is 4.84. The number of hydrogen-bond donors (Lipinski definition) is 3. The van der Waals surface area contributed by atoms with Gasteiger partial charge in [-0.15, -0.1) is 0 Å². The maximum atomic E-state index is 11.6. The molecule has 110 valence electrons. The Labute approximate surface area is 118 Å². The van der Waals surface area contributed by atoms with E-state index in [4.69, 9.17) is 4.74 Å². The molecule has 0 radical (unpaired) electrons. The fourth-order valence-corrected chi connectivity index (χ4v) is 1.42. The van der Waals surface area contributed by atoms with Crippen LogP contribution in [0.25, 0.3) is 0 Å². The molecule has 0 bridgehead atoms. The second-order valence-corrected chi connectivity index (χ2v) is 4.02. The molecule has 0 aliphatic carbocycles. The van der Waals surface area contributed by atoms with E-state index in [1.54, 1.807) is 25.4 Å². The summed E-state index contributed by atoms with van der Waals surface area (Å²) in [6.07, 6.45) is 3.10. The van der Waals surface area contributed by atoms with Gasteiger partial charge in [-0.1, -0.05) is 0 Å². The highest BCUT2D eigenvalue weighted by Gasteiger charge is 2.04. The largest absolute Gasteiger partial charge is 0.383 e. The number of pyridine rings is 1. The van der Waals surface area contributed by atoms with Crippen LogP contribution >= 0.6 is 0 Å². The summed E-state index contributed by atoms with van der Waals surface area (Å²) >= 11 is 0. The molecule has 1 aromatic rings. The minimum absolute atomic E-state index is 0.114. The second-order valence-electron chi connectivity index (χ2n) is 4.02. The third-order valence-electron chi connectivity index (χ3n) is 2.42. The first-order chi connectivity index (χ1) is 9.74. The molecular formula is C13H20N4O3. The van der Waals surface area contributed by atoms with Crippen LogP contribution in [0.5, 0.6) is 0 Å². The van der Waals surface area contributed by atoms with Gasteiger partial charge >= 0.3 is 0 Å². The van der Waals surface area contributed by atoms with Gasteiger partial charge in [0.15, 0.2) is 0 Å². The van der Waals surface area contributed by atoms with Crippen LogP contribution in [0.4, 0.5) is 0 Å². The Morgan fingerprint density at radius 1 is 1.25 bits per heavy atom. The summed E-state index contributed by atoms with van der Waals surface area (Å²) in [5, 5.41) is 8.32. The van der Waals surface area contributed by atoms with E-state index in [9.17, 15) is 9.59 Å². The van der Waals surface area contributed by atoms with Crippen LogP contribution in [0.3, 0.4) is 0 Å². The van der Waals surface area contributed by atoms with Gasteiger partial charge in [-0.05, 0) is 12.1 Å². The predicted molar refractivity (Wildman–Crippen MR) is 74.3 cm³/mol. The Bertz CT molecular complexity index is 411. The summed E-state index contributed by atoms with van der Waals surface area (Å²) in [4.78, 5) is 26.9. The van der Waals surface area contributed by atoms with E-state index in [-0.39, 0.29) is 18.4 Å². The lowest BCUT2D eigenvalue weighted by molar-refractivity contribution is -0.120. The standard InChI is InChI=1S/C13H20N4O3/c1-20-8-7-15-10-12(18)16-5-6-17-13(19)11-3-2-4-14-9-11/h2-4,9,15H,5-8,10H2,1H3,(H,16,18)(H,17,19). The van der Waals surface area contributed by atoms with Gasteiger partial charge in [0.05, 0.1) is 18.7 Å². The maximum absolute atomic E-state index is 11.6. The van der Waals surface area contributed by atoms with Crippen molar-refractivity contribution in [3.63, 3.8) is 0 Å². The molecule has 0 aliphatic heterocycles. The first-order valence-electron chi connectivity index (χ1n) is 6.38. The fourth-order valence-electron chi connectivity index (χ4n) is 1.42. The predicted octanol–water partition coefficient (Wildman–Crippen LogP) is -0.836. The van der Waals surface area contributed by atoms with Crippen molar-refractivity contribution >= 4 is 11.8 Å². The van der Waals surface area contributed by atoms with Gasteiger partial charge in [0.25, 0.3) is 5.91 Å². The summed E-state index contributed by atoms with van der Waals surface area (Å²) in [7, 11) is 1.60. The summed E-state index contributed by atoms with van der Waals surface area (Å²) in [5.74, 6) is -0.317. The first-order valence-corrected chi connectivity index (χ1v) is 6.38. The molecule has 7 heteroatoms. The van der Waals surface area contributed by atoms with Crippen LogP contribution in [-0.4, -0.2) is 56.7 Å². The summed E-state index contributed by atoms with van der Waals surface area (Å²) in [5.41, 5.74) is 0.500. The van der Waals surface area contributed by atoms with Crippen molar-refractivity contribution in [2.24, 2.45) is 0 Å². The Hall–Kier alpha value is -1.99. The molecule has 20 heavy (non-hydrogen) atoms. The zero-order valence-electron chi connectivity index (χ0n) is 11.5. The van der Waals surface area contributed by atoms with Crippen LogP contribution in [0, 0.1) is 0 Å². The lowest BCUT2D eigenvalue weighted by atomic mass is 10.3. The maximum Gasteiger partial charge on any atom is 0.252 e. The highest BCUT2D eigenvalue weighted by molar-refractivity contribution is 5.93. The van der Waals surface area contributed by atoms with Crippen LogP contribution in [0.1, 0.15) is 10.4 Å². The van der Waals surface area contributed by atoms with Crippen molar-refractivity contribution in [1.29, 1.82) is 0 Å². The van der Waals surface area contributed by atoms with Gasteiger partial charge in [0.1, 0.15) is 0 Å². The molecule has 1 aromatic heterocycles. The Morgan fingerprint density at radius 3 is 2.75 bits per heavy atom. The number of aromatic nitrogens is 1. The van der Waals surface area contributed by atoms with Gasteiger partial charge in [0, 0.05) is 39.1 Å². The number of nitrogens with zero attached hydrogens (tertiary/aromatic N) is 1. The van der Waals surface area contributed by atoms with Crippen LogP contribution < -0.4 is 16.0 Å². The molecule has 0 saturated heterocycles. The van der Waals surface area contributed by atoms with E-state index < -0.39 is 0 Å². The number of carbonyl (C=O) groups is 2. The normalized spacial score (nSPS) is 10.1. The molecule has 0 fully saturated rings. The molecule has 0 aromatic carbocycles. The van der Waals surface area contributed by atoms with E-state index in [0.29, 0.717) is 31.8 Å². The third-order valence-corrected chi connectivity index (χ3v) is 2.42. The number of ether oxygens (including phenoxy) is 1. The zero-order valence-corrected chi connectivity index (χ0v) is 11.5. The van der Waals surface area contributed by atoms with Crippen molar-refractivity contribution < 1.29 is 14.3 Å². The fraction of sp³-hybridized carbons (Fsp3) is 0.462. The van der Waals surface area contributed by atoms with Crippen molar-refractivity contribution in [1.82, 2.24) is 20.9 Å². The first kappa shape index (κ1) is 16.1. The van der Waals surface area contributed by atoms with E-state index in [2.05, 4.69) is 20.9 Å². The van der Waals surface area contributed by atoms with Crippen molar-refractivity contribution in [2.45, 2.75) is 0 Å².